The summed E-state index contributed by atoms with van der Waals surface area (Å²) >= 11 is 0. The van der Waals surface area contributed by atoms with Gasteiger partial charge in [0.05, 0.1) is 10.3 Å². The van der Waals surface area contributed by atoms with Gasteiger partial charge in [-0.2, -0.15) is 18.4 Å². The number of nitrogens with zero attached hydrogens (tertiary/aromatic N) is 7. The minimum Gasteiger partial charge on any atom is -0.508 e. The van der Waals surface area contributed by atoms with Gasteiger partial charge in [-0.05, 0) is 73.5 Å². The van der Waals surface area contributed by atoms with Crippen molar-refractivity contribution in [1.29, 1.82) is 0 Å². The molecule has 272 valence electrons. The molecule has 3 N–H and O–H groups in total. The van der Waals surface area contributed by atoms with Gasteiger partial charge in [0.1, 0.15) is 29.1 Å². The zero-order valence-electron chi connectivity index (χ0n) is 28.6. The van der Waals surface area contributed by atoms with Crippen LogP contribution in [0.4, 0.5) is 15.9 Å². The third kappa shape index (κ3) is 6.10. The molecule has 2 atom stereocenters. The second kappa shape index (κ2) is 13.0. The number of hydrogen-bond donors (Lipinski definition) is 3. The van der Waals surface area contributed by atoms with E-state index >= 15 is 4.39 Å². The van der Waals surface area contributed by atoms with Crippen molar-refractivity contribution in [2.75, 3.05) is 29.9 Å². The molecule has 1 amide bonds. The number of aromatic hydroxyl groups is 1. The van der Waals surface area contributed by atoms with Crippen LogP contribution < -0.4 is 20.3 Å². The summed E-state index contributed by atoms with van der Waals surface area (Å²) in [6.45, 7) is 0.723. The van der Waals surface area contributed by atoms with E-state index in [1.807, 2.05) is 0 Å². The molecular formula is C38H32FN9O5S. The zero-order chi connectivity index (χ0) is 37.1. The number of phenolic OH excluding ortho intramolecular Hbond substituents is 1. The van der Waals surface area contributed by atoms with Gasteiger partial charge < -0.3 is 25.4 Å². The van der Waals surface area contributed by atoms with E-state index in [0.29, 0.717) is 57.7 Å². The molecule has 2 aliphatic heterocycles. The van der Waals surface area contributed by atoms with Crippen LogP contribution in [0.25, 0.3) is 32.9 Å². The summed E-state index contributed by atoms with van der Waals surface area (Å²) in [6, 6.07) is 14.1. The van der Waals surface area contributed by atoms with E-state index in [-0.39, 0.29) is 45.9 Å². The normalized spacial score (nSPS) is 18.2. The molecule has 3 aromatic heterocycles. The molecule has 3 aromatic carbocycles. The quantitative estimate of drug-likeness (QED) is 0.179. The van der Waals surface area contributed by atoms with Crippen molar-refractivity contribution in [3.05, 3.63) is 84.3 Å². The van der Waals surface area contributed by atoms with Crippen LogP contribution in [0.15, 0.2) is 72.0 Å². The fraction of sp³-hybridized carbons (Fsp3) is 0.263. The summed E-state index contributed by atoms with van der Waals surface area (Å²) in [5.41, 5.74) is 0.977. The Kier molecular flexibility index (Phi) is 8.12. The number of phenols is 1. The van der Waals surface area contributed by atoms with Crippen LogP contribution in [0, 0.1) is 18.2 Å². The second-order valence-electron chi connectivity index (χ2n) is 13.7. The van der Waals surface area contributed by atoms with Crippen molar-refractivity contribution < 1.29 is 27.4 Å². The lowest BCUT2D eigenvalue weighted by Crippen LogP contribution is -2.51. The molecule has 14 nitrogen and oxygen atoms in total. The van der Waals surface area contributed by atoms with Gasteiger partial charge in [-0.3, -0.25) is 9.78 Å². The van der Waals surface area contributed by atoms with Gasteiger partial charge in [-0.1, -0.05) is 18.1 Å². The lowest BCUT2D eigenvalue weighted by atomic mass is 9.96. The molecule has 1 aliphatic carbocycles. The molecule has 5 heterocycles. The van der Waals surface area contributed by atoms with Gasteiger partial charge in [0.15, 0.2) is 18.2 Å². The summed E-state index contributed by atoms with van der Waals surface area (Å²) in [7, 11) is -3.97. The number of carbonyl (C=O) groups excluding carboxylic acids is 1. The molecule has 16 heteroatoms. The van der Waals surface area contributed by atoms with Crippen molar-refractivity contribution in [2.45, 2.75) is 48.6 Å². The van der Waals surface area contributed by atoms with Crippen LogP contribution in [0.1, 0.15) is 43.0 Å². The maximum atomic E-state index is 16.8. The van der Waals surface area contributed by atoms with Crippen LogP contribution in [0.3, 0.4) is 0 Å². The molecule has 2 bridgehead atoms. The average Bonchev–Trinajstić information content (AvgIpc) is 3.80. The number of hydrogen-bond acceptors (Lipinski definition) is 12. The van der Waals surface area contributed by atoms with E-state index < -0.39 is 28.4 Å². The van der Waals surface area contributed by atoms with Crippen LogP contribution in [0.5, 0.6) is 11.8 Å². The molecule has 0 radical (unpaired) electrons. The lowest BCUT2D eigenvalue weighted by molar-refractivity contribution is -0.118. The first-order chi connectivity index (χ1) is 26.1. The standard InChI is InChI=1S/C38H32FN9O5S/c1-2-21-4-3-5-23-14-27(49)15-29(32(21)23)34-33(39)35-30(16-40-34)37(47-17-25-8-9-26(18-47)42-25)45-38(44-35)53-19-31(50)43-24-10-12-28(13-11-24)54(51,52)48-20-41-36(46-48)22-6-7-22/h1,3-5,10-16,20,22,25-26,42,49H,6-9,17-19H2,(H,43,50)/t25-,26+. The summed E-state index contributed by atoms with van der Waals surface area (Å²) in [5.74, 6) is 2.33. The van der Waals surface area contributed by atoms with Crippen LogP contribution in [-0.2, 0) is 14.8 Å². The minimum absolute atomic E-state index is 0.0208. The molecule has 1 saturated carbocycles. The van der Waals surface area contributed by atoms with E-state index in [0.717, 1.165) is 29.8 Å². The van der Waals surface area contributed by atoms with E-state index in [2.05, 4.69) is 46.5 Å². The smallest absolute Gasteiger partial charge is 0.319 e. The number of carbonyl (C=O) groups is 1. The third-order valence-corrected chi connectivity index (χ3v) is 11.5. The van der Waals surface area contributed by atoms with E-state index in [1.54, 1.807) is 24.3 Å². The first-order valence-electron chi connectivity index (χ1n) is 17.4. The monoisotopic (exact) mass is 745 g/mol. The molecule has 9 rings (SSSR count). The van der Waals surface area contributed by atoms with Crippen molar-refractivity contribution in [3.8, 4) is 35.4 Å². The average molecular weight is 746 g/mol. The number of anilines is 2. The fourth-order valence-electron chi connectivity index (χ4n) is 7.26. The number of terminal acetylenes is 1. The number of aromatic nitrogens is 6. The van der Waals surface area contributed by atoms with Gasteiger partial charge in [0.25, 0.3) is 15.9 Å². The lowest BCUT2D eigenvalue weighted by Gasteiger charge is -2.34. The number of benzene rings is 3. The highest BCUT2D eigenvalue weighted by atomic mass is 32.2. The van der Waals surface area contributed by atoms with Crippen molar-refractivity contribution >= 4 is 49.1 Å². The Bertz CT molecular complexity index is 2630. The van der Waals surface area contributed by atoms with Crippen LogP contribution in [-0.4, -0.2) is 80.3 Å². The molecule has 2 saturated heterocycles. The number of ether oxygens (including phenoxy) is 1. The van der Waals surface area contributed by atoms with Crippen molar-refractivity contribution in [2.24, 2.45) is 0 Å². The molecule has 6 aromatic rings. The van der Waals surface area contributed by atoms with Gasteiger partial charge in [-0.25, -0.2) is 9.37 Å². The molecule has 54 heavy (non-hydrogen) atoms. The maximum Gasteiger partial charge on any atom is 0.319 e. The highest BCUT2D eigenvalue weighted by molar-refractivity contribution is 7.89. The van der Waals surface area contributed by atoms with Gasteiger partial charge >= 0.3 is 6.01 Å². The maximum absolute atomic E-state index is 16.8. The Balaban J connectivity index is 1.00. The topological polar surface area (TPSA) is 177 Å². The van der Waals surface area contributed by atoms with E-state index in [1.165, 1.54) is 42.9 Å². The Morgan fingerprint density at radius 2 is 1.83 bits per heavy atom. The largest absolute Gasteiger partial charge is 0.508 e. The highest BCUT2D eigenvalue weighted by Gasteiger charge is 2.34. The number of piperazine rings is 1. The SMILES string of the molecule is C#Cc1cccc2cc(O)cc(-c3ncc4c(N5C[C@H]6CC[C@@H](C5)N6)nc(OCC(=O)Nc5ccc(S(=O)(=O)n6cnc(C7CC7)n6)cc5)nc4c3F)c12. The van der Waals surface area contributed by atoms with Gasteiger partial charge in [-0.15, -0.1) is 15.6 Å². The van der Waals surface area contributed by atoms with Gasteiger partial charge in [0.2, 0.25) is 0 Å². The van der Waals surface area contributed by atoms with Crippen molar-refractivity contribution in [1.82, 2.24) is 34.4 Å². The third-order valence-electron chi connectivity index (χ3n) is 9.98. The van der Waals surface area contributed by atoms with Gasteiger partial charge in [0, 0.05) is 59.5 Å². The molecule has 0 unspecified atom stereocenters. The Labute approximate surface area is 308 Å². The van der Waals surface area contributed by atoms with Crippen molar-refractivity contribution in [3.63, 3.8) is 0 Å². The number of halogens is 1. The molecule has 0 spiro atoms. The summed E-state index contributed by atoms with van der Waals surface area (Å²) in [4.78, 5) is 32.8. The van der Waals surface area contributed by atoms with E-state index in [4.69, 9.17) is 11.2 Å². The molecule has 3 fully saturated rings. The molecular weight excluding hydrogens is 714 g/mol. The number of pyridine rings is 1. The van der Waals surface area contributed by atoms with E-state index in [9.17, 15) is 18.3 Å². The predicted octanol–water partition coefficient (Wildman–Crippen LogP) is 4.34. The minimum atomic E-state index is -3.97. The Hall–Kier alpha value is -6.18. The first kappa shape index (κ1) is 33.6. The van der Waals surface area contributed by atoms with Crippen LogP contribution in [0.2, 0.25) is 0 Å². The number of amides is 1. The second-order valence-corrected chi connectivity index (χ2v) is 15.5. The number of nitrogens with one attached hydrogen (secondary N) is 2. The van der Waals surface area contributed by atoms with Crippen LogP contribution >= 0.6 is 0 Å². The molecule has 3 aliphatic rings. The Morgan fingerprint density at radius 3 is 2.57 bits per heavy atom. The highest BCUT2D eigenvalue weighted by Crippen LogP contribution is 2.39. The zero-order valence-corrected chi connectivity index (χ0v) is 29.4. The fourth-order valence-corrected chi connectivity index (χ4v) is 8.31. The number of rotatable bonds is 9. The number of fused-ring (bicyclic) bond motifs is 4. The first-order valence-corrected chi connectivity index (χ1v) is 18.9. The summed E-state index contributed by atoms with van der Waals surface area (Å²) in [6.07, 6.45) is 12.4. The summed E-state index contributed by atoms with van der Waals surface area (Å²) < 4.78 is 49.6. The Morgan fingerprint density at radius 1 is 1.06 bits per heavy atom. The summed E-state index contributed by atoms with van der Waals surface area (Å²) in [5, 5.41) is 22.5. The predicted molar refractivity (Wildman–Crippen MR) is 197 cm³/mol.